The van der Waals surface area contributed by atoms with E-state index in [-0.39, 0.29) is 30.4 Å². The average molecular weight is 584 g/mol. The molecule has 216 valence electrons. The van der Waals surface area contributed by atoms with Gasteiger partial charge in [-0.2, -0.15) is 0 Å². The Morgan fingerprint density at radius 1 is 1.07 bits per heavy atom. The number of nitrogen functional groups attached to an aromatic ring is 1. The highest BCUT2D eigenvalue weighted by Gasteiger charge is 2.49. The third-order valence-electron chi connectivity index (χ3n) is 8.32. The van der Waals surface area contributed by atoms with Gasteiger partial charge < -0.3 is 33.2 Å². The summed E-state index contributed by atoms with van der Waals surface area (Å²) in [6, 6.07) is 15.1. The molecule has 0 saturated heterocycles. The molecular weight excluding hydrogens is 550 g/mol. The van der Waals surface area contributed by atoms with Crippen LogP contribution in [0.3, 0.4) is 0 Å². The van der Waals surface area contributed by atoms with Crippen molar-refractivity contribution >= 4 is 44.7 Å². The van der Waals surface area contributed by atoms with E-state index >= 15 is 0 Å². The molecule has 2 aliphatic rings. The molecule has 1 saturated carbocycles. The van der Waals surface area contributed by atoms with Gasteiger partial charge in [0.25, 0.3) is 5.91 Å². The van der Waals surface area contributed by atoms with Gasteiger partial charge in [0.2, 0.25) is 5.91 Å². The van der Waals surface area contributed by atoms with Crippen molar-refractivity contribution in [1.29, 1.82) is 0 Å². The van der Waals surface area contributed by atoms with Gasteiger partial charge in [-0.25, -0.2) is 0 Å². The highest BCUT2D eigenvalue weighted by Crippen LogP contribution is 2.49. The van der Waals surface area contributed by atoms with Gasteiger partial charge in [0.15, 0.2) is 5.78 Å². The van der Waals surface area contributed by atoms with Gasteiger partial charge in [0.1, 0.15) is 5.54 Å². The maximum Gasteiger partial charge on any atom is 0.262 e. The number of nitrogens with zero attached hydrogens (tertiary/aromatic N) is 1. The van der Waals surface area contributed by atoms with Crippen LogP contribution in [0.2, 0.25) is 0 Å². The van der Waals surface area contributed by atoms with E-state index in [4.69, 9.17) is 17.2 Å². The molecule has 2 aromatic carbocycles. The molecule has 0 radical (unpaired) electrons. The molecule has 10 nitrogen and oxygen atoms in total. The fourth-order valence-electron chi connectivity index (χ4n) is 6.25. The molecule has 6 rings (SSSR count). The third-order valence-corrected chi connectivity index (χ3v) is 9.57. The van der Waals surface area contributed by atoms with Crippen LogP contribution in [-0.4, -0.2) is 48.3 Å². The van der Waals surface area contributed by atoms with Gasteiger partial charge in [0.05, 0.1) is 27.9 Å². The number of nitrogens with one attached hydrogen (secondary N) is 3. The van der Waals surface area contributed by atoms with Crippen molar-refractivity contribution in [2.75, 3.05) is 19.3 Å². The standard InChI is InChI=1S/C31H33N7O3S/c1-35-15-23(39)37-20-8-5-9-21(20)38-30(41)28-25-24-18(10-11-19(32)27(24)42-28)31(34,29(40)26(25)33)17-12-13-36-22(14-17)16-6-3-2-4-7-16/h2-4,6-7,10-14,20-21,26,35H,5,8-9,15,32-34H2,1H3,(H,37,39)(H,38,41)/t20-,21+,26?,31?/m1/s1. The van der Waals surface area contributed by atoms with Crippen LogP contribution in [0.25, 0.3) is 21.3 Å². The maximum absolute atomic E-state index is 14.2. The molecule has 1 fully saturated rings. The molecular formula is C31H33N7O3S. The van der Waals surface area contributed by atoms with Crippen molar-refractivity contribution < 1.29 is 14.4 Å². The van der Waals surface area contributed by atoms with Gasteiger partial charge >= 0.3 is 0 Å². The van der Waals surface area contributed by atoms with E-state index in [0.29, 0.717) is 43.0 Å². The lowest BCUT2D eigenvalue weighted by atomic mass is 9.70. The summed E-state index contributed by atoms with van der Waals surface area (Å²) in [5.41, 5.74) is 22.1. The van der Waals surface area contributed by atoms with Crippen LogP contribution < -0.4 is 33.2 Å². The average Bonchev–Trinajstić information content (AvgIpc) is 3.61. The van der Waals surface area contributed by atoms with Crippen LogP contribution in [0.15, 0.2) is 60.8 Å². The zero-order valence-electron chi connectivity index (χ0n) is 23.1. The molecule has 0 aliphatic heterocycles. The summed E-state index contributed by atoms with van der Waals surface area (Å²) >= 11 is 1.21. The number of rotatable bonds is 7. The number of pyridine rings is 1. The molecule has 11 heteroatoms. The fraction of sp³-hybridized carbons (Fsp3) is 0.290. The van der Waals surface area contributed by atoms with E-state index in [9.17, 15) is 14.4 Å². The Labute approximate surface area is 247 Å². The SMILES string of the molecule is CNCC(=O)N[C@@H]1CCC[C@@H]1NC(=O)c1sc2c(N)ccc3c2c1C(N)C(=O)C3(N)c1ccnc(-c2ccccc2)c1. The van der Waals surface area contributed by atoms with E-state index in [0.717, 1.165) is 24.8 Å². The summed E-state index contributed by atoms with van der Waals surface area (Å²) in [5, 5.41) is 9.57. The molecule has 9 N–H and O–H groups in total. The molecule has 0 spiro atoms. The molecule has 2 heterocycles. The molecule has 2 unspecified atom stereocenters. The topological polar surface area (TPSA) is 178 Å². The highest BCUT2D eigenvalue weighted by molar-refractivity contribution is 7.21. The summed E-state index contributed by atoms with van der Waals surface area (Å²) in [4.78, 5) is 44.9. The van der Waals surface area contributed by atoms with Crippen molar-refractivity contribution in [3.8, 4) is 11.3 Å². The predicted octanol–water partition coefficient (Wildman–Crippen LogP) is 2.32. The second kappa shape index (κ2) is 10.9. The lowest BCUT2D eigenvalue weighted by molar-refractivity contribution is -0.124. The number of aromatic nitrogens is 1. The van der Waals surface area contributed by atoms with E-state index in [2.05, 4.69) is 20.9 Å². The van der Waals surface area contributed by atoms with Gasteiger partial charge in [-0.05, 0) is 55.6 Å². The van der Waals surface area contributed by atoms with Crippen molar-refractivity contribution in [2.45, 2.75) is 42.9 Å². The fourth-order valence-corrected chi connectivity index (χ4v) is 7.45. The van der Waals surface area contributed by atoms with E-state index in [1.54, 1.807) is 31.4 Å². The first-order valence-electron chi connectivity index (χ1n) is 13.9. The van der Waals surface area contributed by atoms with Crippen LogP contribution in [0.1, 0.15) is 51.7 Å². The first-order chi connectivity index (χ1) is 20.2. The summed E-state index contributed by atoms with van der Waals surface area (Å²) in [6.45, 7) is 0.196. The molecule has 4 atom stereocenters. The number of anilines is 1. The molecule has 2 aromatic heterocycles. The monoisotopic (exact) mass is 583 g/mol. The predicted molar refractivity (Wildman–Crippen MR) is 164 cm³/mol. The molecule has 2 amide bonds. The Balaban J connectivity index is 1.41. The normalized spacial score (nSPS) is 23.2. The van der Waals surface area contributed by atoms with Gasteiger partial charge in [-0.15, -0.1) is 11.3 Å². The summed E-state index contributed by atoms with van der Waals surface area (Å²) in [7, 11) is 1.71. The Kier molecular flexibility index (Phi) is 7.27. The summed E-state index contributed by atoms with van der Waals surface area (Å²) in [6.07, 6.45) is 4.00. The lowest BCUT2D eigenvalue weighted by Gasteiger charge is -2.36. The van der Waals surface area contributed by atoms with Crippen molar-refractivity contribution in [3.05, 3.63) is 82.4 Å². The minimum Gasteiger partial charge on any atom is -0.398 e. The van der Waals surface area contributed by atoms with Crippen molar-refractivity contribution in [3.63, 3.8) is 0 Å². The van der Waals surface area contributed by atoms with Gasteiger partial charge in [0, 0.05) is 40.5 Å². The van der Waals surface area contributed by atoms with E-state index < -0.39 is 17.4 Å². The van der Waals surface area contributed by atoms with Crippen LogP contribution in [0, 0.1) is 0 Å². The van der Waals surface area contributed by atoms with Crippen LogP contribution in [0.4, 0.5) is 5.69 Å². The number of hydrogen-bond acceptors (Lipinski definition) is 9. The van der Waals surface area contributed by atoms with Crippen molar-refractivity contribution in [1.82, 2.24) is 20.9 Å². The number of ketones is 1. The number of hydrogen-bond donors (Lipinski definition) is 6. The number of carbonyl (C=O) groups excluding carboxylic acids is 3. The van der Waals surface area contributed by atoms with Crippen LogP contribution in [0.5, 0.6) is 0 Å². The number of nitrogens with two attached hydrogens (primary N) is 3. The van der Waals surface area contributed by atoms with Crippen molar-refractivity contribution in [2.24, 2.45) is 11.5 Å². The first kappa shape index (κ1) is 28.0. The Morgan fingerprint density at radius 3 is 2.55 bits per heavy atom. The first-order valence-corrected chi connectivity index (χ1v) is 14.8. The third kappa shape index (κ3) is 4.54. The van der Waals surface area contributed by atoms with Gasteiger partial charge in [-0.3, -0.25) is 19.4 Å². The molecule has 2 aliphatic carbocycles. The number of carbonyl (C=O) groups is 3. The molecule has 4 aromatic rings. The number of amides is 2. The van der Waals surface area contributed by atoms with Crippen LogP contribution >= 0.6 is 11.3 Å². The number of Topliss-reactive ketones (excluding diaryl/α,β-unsaturated/α-hetero) is 1. The van der Waals surface area contributed by atoms with Crippen LogP contribution in [-0.2, 0) is 15.1 Å². The number of likely N-dealkylation sites (N-methyl/N-ethyl adjacent to an activating group) is 1. The Hall–Kier alpha value is -4.16. The second-order valence-corrected chi connectivity index (χ2v) is 11.9. The number of thiophene rings is 1. The largest absolute Gasteiger partial charge is 0.398 e. The quantitative estimate of drug-likeness (QED) is 0.179. The summed E-state index contributed by atoms with van der Waals surface area (Å²) in [5.74, 6) is -0.896. The van der Waals surface area contributed by atoms with E-state index in [1.165, 1.54) is 11.3 Å². The molecule has 42 heavy (non-hydrogen) atoms. The number of benzene rings is 2. The summed E-state index contributed by atoms with van der Waals surface area (Å²) < 4.78 is 0.660. The highest BCUT2D eigenvalue weighted by atomic mass is 32.1. The zero-order valence-corrected chi connectivity index (χ0v) is 24.0. The zero-order chi connectivity index (χ0) is 29.6. The Morgan fingerprint density at radius 2 is 1.81 bits per heavy atom. The second-order valence-electron chi connectivity index (χ2n) is 10.9. The minimum atomic E-state index is -1.58. The van der Waals surface area contributed by atoms with E-state index in [1.807, 2.05) is 36.4 Å². The molecule has 0 bridgehead atoms. The maximum atomic E-state index is 14.2. The smallest absolute Gasteiger partial charge is 0.262 e. The van der Waals surface area contributed by atoms with Gasteiger partial charge in [-0.1, -0.05) is 36.4 Å². The Bertz CT molecular complexity index is 1710. The lowest BCUT2D eigenvalue weighted by Crippen LogP contribution is -2.53. The minimum absolute atomic E-state index is 0.128.